The number of benzene rings is 1. The van der Waals surface area contributed by atoms with E-state index in [0.717, 1.165) is 25.1 Å². The third kappa shape index (κ3) is 4.30. The molecule has 1 aromatic carbocycles. The summed E-state index contributed by atoms with van der Waals surface area (Å²) >= 11 is 0. The molecule has 5 heteroatoms. The molecule has 19 heavy (non-hydrogen) atoms. The number of aryl methyl sites for hydroxylation is 1. The zero-order chi connectivity index (χ0) is 13.7. The molecule has 106 valence electrons. The van der Waals surface area contributed by atoms with Crippen LogP contribution in [-0.4, -0.2) is 28.1 Å². The molecule has 2 N–H and O–H groups in total. The van der Waals surface area contributed by atoms with Crippen LogP contribution in [0, 0.1) is 12.8 Å². The average molecular weight is 282 g/mol. The highest BCUT2D eigenvalue weighted by atomic mass is 32.2. The van der Waals surface area contributed by atoms with Crippen molar-refractivity contribution >= 4 is 10.0 Å². The van der Waals surface area contributed by atoms with Crippen LogP contribution < -0.4 is 10.0 Å². The van der Waals surface area contributed by atoms with Crippen molar-refractivity contribution in [3.8, 4) is 0 Å². The van der Waals surface area contributed by atoms with Gasteiger partial charge in [0, 0.05) is 6.54 Å². The minimum absolute atomic E-state index is 0.356. The van der Waals surface area contributed by atoms with Gasteiger partial charge < -0.3 is 5.32 Å². The number of hydrogen-bond acceptors (Lipinski definition) is 3. The number of nitrogens with one attached hydrogen (secondary N) is 2. The van der Waals surface area contributed by atoms with Crippen molar-refractivity contribution in [2.45, 2.75) is 31.1 Å². The quantitative estimate of drug-likeness (QED) is 0.863. The lowest BCUT2D eigenvalue weighted by Gasteiger charge is -2.22. The molecule has 1 aliphatic heterocycles. The van der Waals surface area contributed by atoms with Gasteiger partial charge in [-0.3, -0.25) is 0 Å². The van der Waals surface area contributed by atoms with E-state index < -0.39 is 10.0 Å². The molecule has 0 bridgehead atoms. The second kappa shape index (κ2) is 6.50. The van der Waals surface area contributed by atoms with E-state index in [4.69, 9.17) is 0 Å². The highest BCUT2D eigenvalue weighted by Crippen LogP contribution is 2.14. The van der Waals surface area contributed by atoms with Crippen molar-refractivity contribution in [3.05, 3.63) is 29.8 Å². The van der Waals surface area contributed by atoms with Gasteiger partial charge in [0.2, 0.25) is 10.0 Å². The summed E-state index contributed by atoms with van der Waals surface area (Å²) < 4.78 is 26.9. The zero-order valence-corrected chi connectivity index (χ0v) is 12.2. The predicted octanol–water partition coefficient (Wildman–Crippen LogP) is 1.66. The van der Waals surface area contributed by atoms with Crippen LogP contribution in [0.25, 0.3) is 0 Å². The Morgan fingerprint density at radius 3 is 2.95 bits per heavy atom. The Morgan fingerprint density at radius 2 is 2.26 bits per heavy atom. The second-order valence-corrected chi connectivity index (χ2v) is 6.98. The summed E-state index contributed by atoms with van der Waals surface area (Å²) in [5.74, 6) is 0.592. The number of hydrogen-bond donors (Lipinski definition) is 2. The summed E-state index contributed by atoms with van der Waals surface area (Å²) in [4.78, 5) is 0.356. The Balaban J connectivity index is 1.87. The molecule has 4 nitrogen and oxygen atoms in total. The minimum Gasteiger partial charge on any atom is -0.316 e. The lowest BCUT2D eigenvalue weighted by molar-refractivity contribution is 0.358. The summed E-state index contributed by atoms with van der Waals surface area (Å²) in [6.45, 7) is 4.51. The van der Waals surface area contributed by atoms with Crippen molar-refractivity contribution < 1.29 is 8.42 Å². The van der Waals surface area contributed by atoms with Gasteiger partial charge >= 0.3 is 0 Å². The van der Waals surface area contributed by atoms with Crippen molar-refractivity contribution in [2.75, 3.05) is 19.6 Å². The van der Waals surface area contributed by atoms with Crippen LogP contribution in [0.3, 0.4) is 0 Å². The molecular formula is C14H22N2O2S. The molecule has 0 radical (unpaired) electrons. The molecule has 0 spiro atoms. The third-order valence-corrected chi connectivity index (χ3v) is 5.00. The smallest absolute Gasteiger partial charge is 0.240 e. The fourth-order valence-electron chi connectivity index (χ4n) is 2.43. The van der Waals surface area contributed by atoms with Crippen LogP contribution >= 0.6 is 0 Å². The van der Waals surface area contributed by atoms with E-state index in [9.17, 15) is 8.42 Å². The number of piperidine rings is 1. The van der Waals surface area contributed by atoms with Crippen LogP contribution in [0.1, 0.15) is 24.8 Å². The molecule has 0 aromatic heterocycles. The summed E-state index contributed by atoms with van der Waals surface area (Å²) in [5.41, 5.74) is 0.958. The molecule has 1 saturated heterocycles. The van der Waals surface area contributed by atoms with Gasteiger partial charge in [-0.2, -0.15) is 0 Å². The number of sulfonamides is 1. The SMILES string of the molecule is Cc1cccc(S(=O)(=O)NCCC2CCCNC2)c1. The Labute approximate surface area is 115 Å². The number of rotatable bonds is 5. The second-order valence-electron chi connectivity index (χ2n) is 5.22. The summed E-state index contributed by atoms with van der Waals surface area (Å²) in [6.07, 6.45) is 3.28. The van der Waals surface area contributed by atoms with E-state index in [2.05, 4.69) is 10.0 Å². The molecule has 0 saturated carbocycles. The Kier molecular flexibility index (Phi) is 4.96. The molecule has 2 rings (SSSR count). The van der Waals surface area contributed by atoms with Crippen molar-refractivity contribution in [1.82, 2.24) is 10.0 Å². The lowest BCUT2D eigenvalue weighted by atomic mass is 9.96. The monoisotopic (exact) mass is 282 g/mol. The molecule has 0 aliphatic carbocycles. The first kappa shape index (κ1) is 14.5. The Hall–Kier alpha value is -0.910. The van der Waals surface area contributed by atoms with Gasteiger partial charge in [0.1, 0.15) is 0 Å². The fraction of sp³-hybridized carbons (Fsp3) is 0.571. The highest BCUT2D eigenvalue weighted by Gasteiger charge is 2.16. The van der Waals surface area contributed by atoms with Crippen molar-refractivity contribution in [3.63, 3.8) is 0 Å². The maximum absolute atomic E-state index is 12.1. The normalized spacial score (nSPS) is 20.4. The van der Waals surface area contributed by atoms with Gasteiger partial charge in [-0.1, -0.05) is 12.1 Å². The fourth-order valence-corrected chi connectivity index (χ4v) is 3.59. The predicted molar refractivity (Wildman–Crippen MR) is 76.6 cm³/mol. The molecule has 1 aromatic rings. The molecule has 0 amide bonds. The zero-order valence-electron chi connectivity index (χ0n) is 11.4. The van der Waals surface area contributed by atoms with E-state index >= 15 is 0 Å². The maximum atomic E-state index is 12.1. The standard InChI is InChI=1S/C14H22N2O2S/c1-12-4-2-6-14(10-12)19(17,18)16-9-7-13-5-3-8-15-11-13/h2,4,6,10,13,15-16H,3,5,7-9,11H2,1H3. The largest absolute Gasteiger partial charge is 0.316 e. The lowest BCUT2D eigenvalue weighted by Crippen LogP contribution is -2.33. The first-order chi connectivity index (χ1) is 9.08. The first-order valence-corrected chi connectivity index (χ1v) is 8.33. The van der Waals surface area contributed by atoms with Crippen molar-refractivity contribution in [2.24, 2.45) is 5.92 Å². The van der Waals surface area contributed by atoms with Crippen LogP contribution in [0.4, 0.5) is 0 Å². The van der Waals surface area contributed by atoms with Crippen LogP contribution in [0.5, 0.6) is 0 Å². The van der Waals surface area contributed by atoms with Gasteiger partial charge in [-0.25, -0.2) is 13.1 Å². The van der Waals surface area contributed by atoms with Crippen LogP contribution in [0.2, 0.25) is 0 Å². The van der Waals surface area contributed by atoms with Gasteiger partial charge in [0.05, 0.1) is 4.90 Å². The Morgan fingerprint density at radius 1 is 1.42 bits per heavy atom. The van der Waals surface area contributed by atoms with Crippen LogP contribution in [-0.2, 0) is 10.0 Å². The van der Waals surface area contributed by atoms with E-state index in [-0.39, 0.29) is 0 Å². The van der Waals surface area contributed by atoms with Gasteiger partial charge in [-0.05, 0) is 62.9 Å². The maximum Gasteiger partial charge on any atom is 0.240 e. The highest BCUT2D eigenvalue weighted by molar-refractivity contribution is 7.89. The van der Waals surface area contributed by atoms with Crippen molar-refractivity contribution in [1.29, 1.82) is 0 Å². The summed E-state index contributed by atoms with van der Waals surface area (Å²) in [5, 5.41) is 3.34. The topological polar surface area (TPSA) is 58.2 Å². The third-order valence-electron chi connectivity index (χ3n) is 3.54. The van der Waals surface area contributed by atoms with E-state index in [1.807, 2.05) is 13.0 Å². The minimum atomic E-state index is -3.35. The summed E-state index contributed by atoms with van der Waals surface area (Å²) in [7, 11) is -3.35. The molecule has 1 heterocycles. The van der Waals surface area contributed by atoms with Gasteiger partial charge in [0.15, 0.2) is 0 Å². The van der Waals surface area contributed by atoms with Crippen LogP contribution in [0.15, 0.2) is 29.2 Å². The Bertz CT molecular complexity index is 508. The molecule has 1 unspecified atom stereocenters. The summed E-state index contributed by atoms with van der Waals surface area (Å²) in [6, 6.07) is 7.00. The molecule has 1 atom stereocenters. The van der Waals surface area contributed by atoms with E-state index in [1.165, 1.54) is 12.8 Å². The molecule has 1 fully saturated rings. The van der Waals surface area contributed by atoms with Gasteiger partial charge in [0.25, 0.3) is 0 Å². The van der Waals surface area contributed by atoms with Gasteiger partial charge in [-0.15, -0.1) is 0 Å². The molecular weight excluding hydrogens is 260 g/mol. The van der Waals surface area contributed by atoms with E-state index in [0.29, 0.717) is 17.4 Å². The van der Waals surface area contributed by atoms with E-state index in [1.54, 1.807) is 18.2 Å². The average Bonchev–Trinajstić information content (AvgIpc) is 2.40. The molecule has 1 aliphatic rings. The first-order valence-electron chi connectivity index (χ1n) is 6.85.